The maximum absolute atomic E-state index is 12.0. The minimum absolute atomic E-state index is 0.0863. The molecule has 0 radical (unpaired) electrons. The predicted molar refractivity (Wildman–Crippen MR) is 80.9 cm³/mol. The van der Waals surface area contributed by atoms with Crippen molar-refractivity contribution >= 4 is 17.7 Å². The first kappa shape index (κ1) is 16.8. The number of rotatable bonds is 7. The molecule has 116 valence electrons. The molecule has 2 N–H and O–H groups in total. The molecule has 1 aromatic carbocycles. The number of hydrogen-bond acceptors (Lipinski definition) is 3. The highest BCUT2D eigenvalue weighted by molar-refractivity contribution is 5.91. The highest BCUT2D eigenvalue weighted by atomic mass is 16.5. The molecule has 0 heterocycles. The topological polar surface area (TPSA) is 78.9 Å². The fraction of sp³-hybridized carbons (Fsp3) is 0.467. The fourth-order valence-electron chi connectivity index (χ4n) is 1.64. The molecular weight excluding hydrogens is 272 g/mol. The Labute approximate surface area is 124 Å². The summed E-state index contributed by atoms with van der Waals surface area (Å²) < 4.78 is 5.62. The van der Waals surface area contributed by atoms with Gasteiger partial charge in [-0.15, -0.1) is 0 Å². The number of carbonyl (C=O) groups excluding carboxylic acids is 1. The van der Waals surface area contributed by atoms with E-state index in [1.54, 1.807) is 13.1 Å². The second-order valence-electron chi connectivity index (χ2n) is 4.84. The summed E-state index contributed by atoms with van der Waals surface area (Å²) in [7, 11) is 1.55. The van der Waals surface area contributed by atoms with Gasteiger partial charge in [-0.25, -0.2) is 4.79 Å². The van der Waals surface area contributed by atoms with Gasteiger partial charge in [0.2, 0.25) is 0 Å². The lowest BCUT2D eigenvalue weighted by Gasteiger charge is -2.19. The molecule has 2 amide bonds. The minimum atomic E-state index is -0.933. The molecule has 21 heavy (non-hydrogen) atoms. The summed E-state index contributed by atoms with van der Waals surface area (Å²) in [6.45, 7) is 4.68. The largest absolute Gasteiger partial charge is 0.491 e. The number of carboxylic acid groups (broad SMARTS) is 1. The highest BCUT2D eigenvalue weighted by Gasteiger charge is 2.13. The van der Waals surface area contributed by atoms with E-state index in [1.165, 1.54) is 4.90 Å². The number of aliphatic carboxylic acids is 1. The van der Waals surface area contributed by atoms with Crippen molar-refractivity contribution in [3.05, 3.63) is 23.8 Å². The Morgan fingerprint density at radius 3 is 2.71 bits per heavy atom. The number of carboxylic acids is 1. The van der Waals surface area contributed by atoms with Crippen LogP contribution >= 0.6 is 0 Å². The summed E-state index contributed by atoms with van der Waals surface area (Å²) in [6.07, 6.45) is 0.789. The summed E-state index contributed by atoms with van der Waals surface area (Å²) in [5.41, 5.74) is 1.62. The number of hydrogen-bond donors (Lipinski definition) is 2. The van der Waals surface area contributed by atoms with Gasteiger partial charge in [-0.05, 0) is 31.0 Å². The molecule has 0 aromatic heterocycles. The average molecular weight is 294 g/mol. The Morgan fingerprint density at radius 2 is 2.10 bits per heavy atom. The molecular formula is C15H22N2O4. The molecule has 6 heteroatoms. The number of nitrogens with zero attached hydrogens (tertiary/aromatic N) is 1. The highest BCUT2D eigenvalue weighted by Crippen LogP contribution is 2.26. The normalized spacial score (nSPS) is 10.0. The van der Waals surface area contributed by atoms with Crippen molar-refractivity contribution < 1.29 is 19.4 Å². The van der Waals surface area contributed by atoms with Gasteiger partial charge in [0.1, 0.15) is 5.75 Å². The molecule has 0 saturated heterocycles. The van der Waals surface area contributed by atoms with E-state index in [0.29, 0.717) is 18.0 Å². The van der Waals surface area contributed by atoms with E-state index in [0.717, 1.165) is 12.0 Å². The summed E-state index contributed by atoms with van der Waals surface area (Å²) >= 11 is 0. The molecule has 0 aliphatic carbocycles. The summed E-state index contributed by atoms with van der Waals surface area (Å²) in [5.74, 6) is -0.311. The van der Waals surface area contributed by atoms with E-state index in [1.807, 2.05) is 26.0 Å². The molecule has 0 spiro atoms. The average Bonchev–Trinajstić information content (AvgIpc) is 2.44. The van der Waals surface area contributed by atoms with Crippen molar-refractivity contribution in [2.45, 2.75) is 26.7 Å². The van der Waals surface area contributed by atoms with Crippen molar-refractivity contribution in [3.63, 3.8) is 0 Å². The molecule has 0 unspecified atom stereocenters. The van der Waals surface area contributed by atoms with E-state index in [-0.39, 0.29) is 19.0 Å². The van der Waals surface area contributed by atoms with Crippen molar-refractivity contribution in [2.75, 3.05) is 25.5 Å². The van der Waals surface area contributed by atoms with E-state index in [2.05, 4.69) is 5.32 Å². The number of amides is 2. The zero-order chi connectivity index (χ0) is 15.8. The monoisotopic (exact) mass is 294 g/mol. The predicted octanol–water partition coefficient (Wildman–Crippen LogP) is 2.72. The lowest BCUT2D eigenvalue weighted by atomic mass is 10.2. The number of ether oxygens (including phenoxy) is 1. The van der Waals surface area contributed by atoms with Crippen LogP contribution in [0.5, 0.6) is 5.75 Å². The number of aryl methyl sites for hydroxylation is 1. The maximum atomic E-state index is 12.0. The molecule has 0 atom stereocenters. The Balaban J connectivity index is 2.72. The lowest BCUT2D eigenvalue weighted by molar-refractivity contribution is -0.137. The Bertz CT molecular complexity index is 502. The SMILES string of the molecule is CCCOc1cc(C)ccc1NC(=O)N(C)CCC(=O)O. The first-order chi connectivity index (χ1) is 9.93. The molecule has 1 aromatic rings. The Kier molecular flexibility index (Phi) is 6.52. The van der Waals surface area contributed by atoms with Crippen molar-refractivity contribution in [1.29, 1.82) is 0 Å². The number of carbonyl (C=O) groups is 2. The Hall–Kier alpha value is -2.24. The van der Waals surface area contributed by atoms with Gasteiger partial charge in [0, 0.05) is 13.6 Å². The summed E-state index contributed by atoms with van der Waals surface area (Å²) in [6, 6.07) is 5.17. The van der Waals surface area contributed by atoms with Crippen LogP contribution in [0.4, 0.5) is 10.5 Å². The molecule has 0 saturated carbocycles. The van der Waals surface area contributed by atoms with Crippen LogP contribution in [0.1, 0.15) is 25.3 Å². The van der Waals surface area contributed by atoms with Gasteiger partial charge in [-0.3, -0.25) is 4.79 Å². The second-order valence-corrected chi connectivity index (χ2v) is 4.84. The van der Waals surface area contributed by atoms with Gasteiger partial charge in [0.15, 0.2) is 0 Å². The van der Waals surface area contributed by atoms with E-state index in [9.17, 15) is 9.59 Å². The van der Waals surface area contributed by atoms with Crippen LogP contribution in [0.15, 0.2) is 18.2 Å². The quantitative estimate of drug-likeness (QED) is 0.810. The third-order valence-corrected chi connectivity index (χ3v) is 2.85. The van der Waals surface area contributed by atoms with Crippen LogP contribution in [0, 0.1) is 6.92 Å². The minimum Gasteiger partial charge on any atom is -0.491 e. The van der Waals surface area contributed by atoms with Crippen LogP contribution in [0.2, 0.25) is 0 Å². The van der Waals surface area contributed by atoms with E-state index < -0.39 is 5.97 Å². The smallest absolute Gasteiger partial charge is 0.321 e. The number of benzene rings is 1. The van der Waals surface area contributed by atoms with Gasteiger partial charge >= 0.3 is 12.0 Å². The van der Waals surface area contributed by atoms with Crippen LogP contribution in [0.3, 0.4) is 0 Å². The van der Waals surface area contributed by atoms with Gasteiger partial charge < -0.3 is 20.1 Å². The first-order valence-electron chi connectivity index (χ1n) is 6.91. The molecule has 0 fully saturated rings. The molecule has 6 nitrogen and oxygen atoms in total. The van der Waals surface area contributed by atoms with Crippen LogP contribution in [0.25, 0.3) is 0 Å². The van der Waals surface area contributed by atoms with Crippen molar-refractivity contribution in [3.8, 4) is 5.75 Å². The second kappa shape index (κ2) is 8.14. The lowest BCUT2D eigenvalue weighted by Crippen LogP contribution is -2.33. The van der Waals surface area contributed by atoms with Gasteiger partial charge in [-0.1, -0.05) is 13.0 Å². The summed E-state index contributed by atoms with van der Waals surface area (Å²) in [4.78, 5) is 23.8. The van der Waals surface area contributed by atoms with Crippen LogP contribution in [-0.2, 0) is 4.79 Å². The third-order valence-electron chi connectivity index (χ3n) is 2.85. The molecule has 0 aliphatic heterocycles. The standard InChI is InChI=1S/C15H22N2O4/c1-4-9-21-13-10-11(2)5-6-12(13)16-15(20)17(3)8-7-14(18)19/h5-6,10H,4,7-9H2,1-3H3,(H,16,20)(H,18,19). The maximum Gasteiger partial charge on any atom is 0.321 e. The third kappa shape index (κ3) is 5.72. The Morgan fingerprint density at radius 1 is 1.38 bits per heavy atom. The van der Waals surface area contributed by atoms with Crippen LogP contribution in [-0.4, -0.2) is 42.2 Å². The van der Waals surface area contributed by atoms with Gasteiger partial charge in [0.05, 0.1) is 18.7 Å². The number of nitrogens with one attached hydrogen (secondary N) is 1. The summed E-state index contributed by atoms with van der Waals surface area (Å²) in [5, 5.41) is 11.4. The van der Waals surface area contributed by atoms with E-state index in [4.69, 9.17) is 9.84 Å². The van der Waals surface area contributed by atoms with Crippen molar-refractivity contribution in [2.24, 2.45) is 0 Å². The number of anilines is 1. The van der Waals surface area contributed by atoms with Crippen LogP contribution < -0.4 is 10.1 Å². The number of urea groups is 1. The van der Waals surface area contributed by atoms with E-state index >= 15 is 0 Å². The van der Waals surface area contributed by atoms with Gasteiger partial charge in [-0.2, -0.15) is 0 Å². The molecule has 0 aliphatic rings. The first-order valence-corrected chi connectivity index (χ1v) is 6.91. The zero-order valence-electron chi connectivity index (χ0n) is 12.7. The molecule has 0 bridgehead atoms. The molecule has 1 rings (SSSR count). The fourth-order valence-corrected chi connectivity index (χ4v) is 1.64. The van der Waals surface area contributed by atoms with Gasteiger partial charge in [0.25, 0.3) is 0 Å². The zero-order valence-corrected chi connectivity index (χ0v) is 12.7. The van der Waals surface area contributed by atoms with Crippen molar-refractivity contribution in [1.82, 2.24) is 4.90 Å².